The van der Waals surface area contributed by atoms with Gasteiger partial charge in [0.2, 0.25) is 0 Å². The molecule has 1 fully saturated rings. The van der Waals surface area contributed by atoms with Crippen LogP contribution in [-0.2, 0) is 0 Å². The fourth-order valence-electron chi connectivity index (χ4n) is 2.40. The zero-order valence-corrected chi connectivity index (χ0v) is 12.1. The molecule has 1 N–H and O–H groups in total. The predicted octanol–water partition coefficient (Wildman–Crippen LogP) is 3.39. The van der Waals surface area contributed by atoms with Gasteiger partial charge in [-0.25, -0.2) is 0 Å². The van der Waals surface area contributed by atoms with Gasteiger partial charge < -0.3 is 14.8 Å². The molecule has 0 heterocycles. The number of nitrogens with one attached hydrogen (secondary N) is 1. The molecule has 3 nitrogen and oxygen atoms in total. The first-order chi connectivity index (χ1) is 9.28. The van der Waals surface area contributed by atoms with Crippen LogP contribution >= 0.6 is 0 Å². The van der Waals surface area contributed by atoms with Crippen molar-refractivity contribution < 1.29 is 9.47 Å². The lowest BCUT2D eigenvalue weighted by molar-refractivity contribution is -0.0139. The Morgan fingerprint density at radius 1 is 1.16 bits per heavy atom. The van der Waals surface area contributed by atoms with E-state index in [-0.39, 0.29) is 5.60 Å². The Balaban J connectivity index is 1.90. The average Bonchev–Trinajstić information content (AvgIpc) is 2.41. The third-order valence-corrected chi connectivity index (χ3v) is 3.73. The molecule has 3 heteroatoms. The van der Waals surface area contributed by atoms with Crippen LogP contribution in [0.4, 0.5) is 0 Å². The highest BCUT2D eigenvalue weighted by Crippen LogP contribution is 2.39. The molecule has 1 aliphatic carbocycles. The van der Waals surface area contributed by atoms with E-state index in [1.807, 2.05) is 31.3 Å². The van der Waals surface area contributed by atoms with Crippen molar-refractivity contribution in [2.24, 2.45) is 0 Å². The molecule has 0 saturated heterocycles. The van der Waals surface area contributed by atoms with E-state index in [2.05, 4.69) is 12.2 Å². The zero-order valence-electron chi connectivity index (χ0n) is 12.1. The summed E-state index contributed by atoms with van der Waals surface area (Å²) in [6.07, 6.45) is 5.73. The number of rotatable bonds is 8. The molecular weight excluding hydrogens is 238 g/mol. The lowest BCUT2D eigenvalue weighted by Gasteiger charge is -2.42. The molecular formula is C16H25NO2. The fraction of sp³-hybridized carbons (Fsp3) is 0.625. The van der Waals surface area contributed by atoms with Crippen molar-refractivity contribution >= 4 is 0 Å². The lowest BCUT2D eigenvalue weighted by Crippen LogP contribution is -2.45. The number of hydrogen-bond donors (Lipinski definition) is 1. The van der Waals surface area contributed by atoms with Gasteiger partial charge >= 0.3 is 0 Å². The van der Waals surface area contributed by atoms with Gasteiger partial charge in [0, 0.05) is 0 Å². The normalized spacial score (nSPS) is 16.7. The van der Waals surface area contributed by atoms with Gasteiger partial charge in [-0.05, 0) is 70.0 Å². The quantitative estimate of drug-likeness (QED) is 0.780. The Hall–Kier alpha value is -1.22. The van der Waals surface area contributed by atoms with Crippen LogP contribution in [-0.4, -0.2) is 25.8 Å². The van der Waals surface area contributed by atoms with Crippen LogP contribution in [0.25, 0.3) is 0 Å². The Morgan fingerprint density at radius 3 is 2.37 bits per heavy atom. The Morgan fingerprint density at radius 2 is 1.84 bits per heavy atom. The minimum Gasteiger partial charge on any atom is -0.494 e. The summed E-state index contributed by atoms with van der Waals surface area (Å²) >= 11 is 0. The first kappa shape index (κ1) is 14.2. The standard InChI is InChI=1S/C16H25NO2/c1-3-13-18-14-5-7-15(8-6-14)19-16(9-4-10-16)11-12-17-2/h5-8,17H,3-4,9-13H2,1-2H3. The maximum Gasteiger partial charge on any atom is 0.120 e. The first-order valence-corrected chi connectivity index (χ1v) is 7.34. The van der Waals surface area contributed by atoms with Crippen LogP contribution < -0.4 is 14.8 Å². The molecule has 0 radical (unpaired) electrons. The van der Waals surface area contributed by atoms with E-state index >= 15 is 0 Å². The molecule has 19 heavy (non-hydrogen) atoms. The second-order valence-corrected chi connectivity index (χ2v) is 5.31. The van der Waals surface area contributed by atoms with Gasteiger partial charge in [0.25, 0.3) is 0 Å². The van der Waals surface area contributed by atoms with Gasteiger partial charge in [-0.1, -0.05) is 6.92 Å². The van der Waals surface area contributed by atoms with Crippen molar-refractivity contribution in [3.05, 3.63) is 24.3 Å². The molecule has 0 unspecified atom stereocenters. The van der Waals surface area contributed by atoms with E-state index in [1.54, 1.807) is 0 Å². The highest BCUT2D eigenvalue weighted by molar-refractivity contribution is 5.32. The summed E-state index contributed by atoms with van der Waals surface area (Å²) in [5.41, 5.74) is 0.0643. The molecule has 1 aromatic carbocycles. The summed E-state index contributed by atoms with van der Waals surface area (Å²) in [5.74, 6) is 1.88. The molecule has 0 aromatic heterocycles. The summed E-state index contributed by atoms with van der Waals surface area (Å²) in [5, 5.41) is 3.21. The summed E-state index contributed by atoms with van der Waals surface area (Å²) in [6, 6.07) is 8.03. The van der Waals surface area contributed by atoms with Crippen molar-refractivity contribution in [1.82, 2.24) is 5.32 Å². The van der Waals surface area contributed by atoms with E-state index in [0.29, 0.717) is 0 Å². The van der Waals surface area contributed by atoms with E-state index in [1.165, 1.54) is 19.3 Å². The van der Waals surface area contributed by atoms with Crippen molar-refractivity contribution in [1.29, 1.82) is 0 Å². The van der Waals surface area contributed by atoms with Crippen LogP contribution in [0.2, 0.25) is 0 Å². The second kappa shape index (κ2) is 6.80. The van der Waals surface area contributed by atoms with Crippen molar-refractivity contribution in [2.75, 3.05) is 20.2 Å². The Kier molecular flexibility index (Phi) is 5.08. The molecule has 0 aliphatic heterocycles. The van der Waals surface area contributed by atoms with E-state index in [0.717, 1.165) is 37.5 Å². The van der Waals surface area contributed by atoms with E-state index < -0.39 is 0 Å². The molecule has 0 spiro atoms. The Bertz CT molecular complexity index is 371. The second-order valence-electron chi connectivity index (χ2n) is 5.31. The summed E-state index contributed by atoms with van der Waals surface area (Å²) < 4.78 is 11.8. The average molecular weight is 263 g/mol. The number of hydrogen-bond acceptors (Lipinski definition) is 3. The van der Waals surface area contributed by atoms with Gasteiger partial charge in [0.15, 0.2) is 0 Å². The molecule has 2 rings (SSSR count). The minimum absolute atomic E-state index is 0.0643. The van der Waals surface area contributed by atoms with Crippen LogP contribution in [0.3, 0.4) is 0 Å². The number of ether oxygens (including phenoxy) is 2. The highest BCUT2D eigenvalue weighted by atomic mass is 16.5. The van der Waals surface area contributed by atoms with Crippen molar-refractivity contribution in [2.45, 2.75) is 44.6 Å². The lowest BCUT2D eigenvalue weighted by atomic mass is 9.77. The summed E-state index contributed by atoms with van der Waals surface area (Å²) in [7, 11) is 1.99. The first-order valence-electron chi connectivity index (χ1n) is 7.34. The van der Waals surface area contributed by atoms with Crippen LogP contribution in [0, 0.1) is 0 Å². The van der Waals surface area contributed by atoms with Gasteiger partial charge in [0.1, 0.15) is 17.1 Å². The van der Waals surface area contributed by atoms with Gasteiger partial charge in [0.05, 0.1) is 6.61 Å². The third-order valence-electron chi connectivity index (χ3n) is 3.73. The van der Waals surface area contributed by atoms with Crippen LogP contribution in [0.1, 0.15) is 39.0 Å². The smallest absolute Gasteiger partial charge is 0.120 e. The maximum atomic E-state index is 6.20. The highest BCUT2D eigenvalue weighted by Gasteiger charge is 2.38. The van der Waals surface area contributed by atoms with E-state index in [4.69, 9.17) is 9.47 Å². The third kappa shape index (κ3) is 3.87. The topological polar surface area (TPSA) is 30.5 Å². The molecule has 1 aromatic rings. The predicted molar refractivity (Wildman–Crippen MR) is 78.0 cm³/mol. The van der Waals surface area contributed by atoms with Gasteiger partial charge in [-0.2, -0.15) is 0 Å². The van der Waals surface area contributed by atoms with Gasteiger partial charge in [-0.15, -0.1) is 0 Å². The van der Waals surface area contributed by atoms with Crippen LogP contribution in [0.5, 0.6) is 11.5 Å². The monoisotopic (exact) mass is 263 g/mol. The maximum absolute atomic E-state index is 6.20. The molecule has 1 saturated carbocycles. The SMILES string of the molecule is CCCOc1ccc(OC2(CCNC)CCC2)cc1. The largest absolute Gasteiger partial charge is 0.494 e. The van der Waals surface area contributed by atoms with Crippen molar-refractivity contribution in [3.63, 3.8) is 0 Å². The van der Waals surface area contributed by atoms with E-state index in [9.17, 15) is 0 Å². The molecule has 0 bridgehead atoms. The van der Waals surface area contributed by atoms with Crippen LogP contribution in [0.15, 0.2) is 24.3 Å². The summed E-state index contributed by atoms with van der Waals surface area (Å²) in [4.78, 5) is 0. The molecule has 106 valence electrons. The fourth-order valence-corrected chi connectivity index (χ4v) is 2.40. The zero-order chi connectivity index (χ0) is 13.6. The Labute approximate surface area is 116 Å². The van der Waals surface area contributed by atoms with Crippen molar-refractivity contribution in [3.8, 4) is 11.5 Å². The molecule has 0 amide bonds. The van der Waals surface area contributed by atoms with Gasteiger partial charge in [-0.3, -0.25) is 0 Å². The molecule has 0 atom stereocenters. The number of benzene rings is 1. The minimum atomic E-state index is 0.0643. The molecule has 1 aliphatic rings. The summed E-state index contributed by atoms with van der Waals surface area (Å²) in [6.45, 7) is 3.89.